The van der Waals surface area contributed by atoms with Crippen LogP contribution in [0.5, 0.6) is 0 Å². The number of carbonyl (C=O) groups excluding carboxylic acids is 1. The Hall–Kier alpha value is -2.45. The number of anilines is 1. The van der Waals surface area contributed by atoms with Gasteiger partial charge in [-0.05, 0) is 42.0 Å². The van der Waals surface area contributed by atoms with Crippen LogP contribution >= 0.6 is 12.4 Å². The Balaban J connectivity index is 0.00000264. The van der Waals surface area contributed by atoms with Crippen molar-refractivity contribution in [3.05, 3.63) is 54.4 Å². The highest BCUT2D eigenvalue weighted by Crippen LogP contribution is 2.13. The molecule has 7 nitrogen and oxygen atoms in total. The third kappa shape index (κ3) is 5.68. The van der Waals surface area contributed by atoms with Gasteiger partial charge in [0.25, 0.3) is 10.0 Å². The standard InChI is InChI=1S/C14H14N4O3S.ClH/c1-11(19)17-13-2-4-14(5-3-13)22(20,21)18-16-10-12-6-8-15-9-7-12;/h2-10,18H,1H3,(H,17,19);1H/b16-10+;. The molecule has 1 aromatic heterocycles. The molecule has 0 unspecified atom stereocenters. The van der Waals surface area contributed by atoms with E-state index in [9.17, 15) is 13.2 Å². The van der Waals surface area contributed by atoms with Crippen LogP contribution < -0.4 is 10.1 Å². The Bertz CT molecular complexity index is 777. The van der Waals surface area contributed by atoms with Crippen molar-refractivity contribution in [3.63, 3.8) is 0 Å². The number of hydrogen-bond donors (Lipinski definition) is 2. The molecule has 1 amide bonds. The van der Waals surface area contributed by atoms with E-state index in [-0.39, 0.29) is 23.2 Å². The minimum atomic E-state index is -3.75. The molecule has 1 heterocycles. The average molecular weight is 355 g/mol. The molecule has 122 valence electrons. The van der Waals surface area contributed by atoms with Crippen molar-refractivity contribution in [2.24, 2.45) is 5.10 Å². The molecule has 2 N–H and O–H groups in total. The largest absolute Gasteiger partial charge is 0.326 e. The van der Waals surface area contributed by atoms with Crippen molar-refractivity contribution >= 4 is 40.2 Å². The summed E-state index contributed by atoms with van der Waals surface area (Å²) in [6.07, 6.45) is 4.54. The first-order valence-electron chi connectivity index (χ1n) is 6.30. The van der Waals surface area contributed by atoms with Crippen LogP contribution in [0.1, 0.15) is 12.5 Å². The Kier molecular flexibility index (Phi) is 6.67. The van der Waals surface area contributed by atoms with Crippen LogP contribution in [-0.2, 0) is 14.8 Å². The summed E-state index contributed by atoms with van der Waals surface area (Å²) < 4.78 is 24.1. The van der Waals surface area contributed by atoms with E-state index >= 15 is 0 Å². The maximum atomic E-state index is 12.0. The van der Waals surface area contributed by atoms with Gasteiger partial charge in [0.2, 0.25) is 5.91 Å². The molecule has 2 aromatic rings. The van der Waals surface area contributed by atoms with Gasteiger partial charge < -0.3 is 5.32 Å². The predicted molar refractivity (Wildman–Crippen MR) is 90.1 cm³/mol. The summed E-state index contributed by atoms with van der Waals surface area (Å²) in [6.45, 7) is 1.38. The van der Waals surface area contributed by atoms with E-state index in [2.05, 4.69) is 20.2 Å². The summed E-state index contributed by atoms with van der Waals surface area (Å²) in [4.78, 5) is 16.9. The molecule has 0 bridgehead atoms. The van der Waals surface area contributed by atoms with Gasteiger partial charge in [-0.3, -0.25) is 9.78 Å². The third-order valence-corrected chi connectivity index (χ3v) is 3.82. The normalized spacial score (nSPS) is 10.8. The summed E-state index contributed by atoms with van der Waals surface area (Å²) in [6, 6.07) is 9.16. The number of hydrazone groups is 1. The zero-order chi connectivity index (χ0) is 16.0. The third-order valence-electron chi connectivity index (χ3n) is 2.58. The Morgan fingerprint density at radius 3 is 2.30 bits per heavy atom. The van der Waals surface area contributed by atoms with Crippen molar-refractivity contribution in [1.29, 1.82) is 0 Å². The van der Waals surface area contributed by atoms with Crippen LogP contribution in [0.4, 0.5) is 5.69 Å². The lowest BCUT2D eigenvalue weighted by atomic mass is 10.3. The van der Waals surface area contributed by atoms with Gasteiger partial charge in [-0.2, -0.15) is 13.5 Å². The van der Waals surface area contributed by atoms with Gasteiger partial charge in [0.1, 0.15) is 0 Å². The van der Waals surface area contributed by atoms with Gasteiger partial charge in [0.05, 0.1) is 11.1 Å². The summed E-state index contributed by atoms with van der Waals surface area (Å²) in [7, 11) is -3.75. The number of sulfonamides is 1. The zero-order valence-electron chi connectivity index (χ0n) is 12.1. The van der Waals surface area contributed by atoms with E-state index in [1.165, 1.54) is 37.4 Å². The van der Waals surface area contributed by atoms with Gasteiger partial charge in [0.15, 0.2) is 0 Å². The smallest absolute Gasteiger partial charge is 0.276 e. The fourth-order valence-electron chi connectivity index (χ4n) is 1.59. The van der Waals surface area contributed by atoms with Crippen LogP contribution in [0.15, 0.2) is 58.8 Å². The van der Waals surface area contributed by atoms with Crippen LogP contribution in [0, 0.1) is 0 Å². The molecule has 0 atom stereocenters. The molecule has 1 aromatic carbocycles. The van der Waals surface area contributed by atoms with Crippen LogP contribution in [-0.4, -0.2) is 25.5 Å². The van der Waals surface area contributed by atoms with Crippen LogP contribution in [0.3, 0.4) is 0 Å². The van der Waals surface area contributed by atoms with Crippen molar-refractivity contribution in [2.45, 2.75) is 11.8 Å². The number of halogens is 1. The molecule has 0 radical (unpaired) electrons. The topological polar surface area (TPSA) is 101 Å². The number of carbonyl (C=O) groups is 1. The van der Waals surface area contributed by atoms with Gasteiger partial charge in [-0.15, -0.1) is 12.4 Å². The van der Waals surface area contributed by atoms with Crippen molar-refractivity contribution in [1.82, 2.24) is 9.82 Å². The van der Waals surface area contributed by atoms with E-state index in [4.69, 9.17) is 0 Å². The van der Waals surface area contributed by atoms with E-state index in [1.807, 2.05) is 0 Å². The number of nitrogens with one attached hydrogen (secondary N) is 2. The molecule has 0 saturated heterocycles. The first kappa shape index (κ1) is 18.6. The van der Waals surface area contributed by atoms with Gasteiger partial charge in [-0.25, -0.2) is 4.83 Å². The van der Waals surface area contributed by atoms with Crippen molar-refractivity contribution in [2.75, 3.05) is 5.32 Å². The van der Waals surface area contributed by atoms with Crippen LogP contribution in [0.25, 0.3) is 0 Å². The second-order valence-corrected chi connectivity index (χ2v) is 6.00. The average Bonchev–Trinajstić information content (AvgIpc) is 2.48. The molecule has 23 heavy (non-hydrogen) atoms. The number of rotatable bonds is 5. The fraction of sp³-hybridized carbons (Fsp3) is 0.0714. The quantitative estimate of drug-likeness (QED) is 0.631. The molecule has 0 saturated carbocycles. The van der Waals surface area contributed by atoms with E-state index in [0.717, 1.165) is 5.56 Å². The van der Waals surface area contributed by atoms with Gasteiger partial charge in [-0.1, -0.05) is 0 Å². The maximum absolute atomic E-state index is 12.0. The lowest BCUT2D eigenvalue weighted by Crippen LogP contribution is -2.18. The highest BCUT2D eigenvalue weighted by atomic mass is 35.5. The lowest BCUT2D eigenvalue weighted by molar-refractivity contribution is -0.114. The van der Waals surface area contributed by atoms with Crippen molar-refractivity contribution in [3.8, 4) is 0 Å². The summed E-state index contributed by atoms with van der Waals surface area (Å²) >= 11 is 0. The minimum Gasteiger partial charge on any atom is -0.326 e. The number of amides is 1. The fourth-order valence-corrected chi connectivity index (χ4v) is 2.38. The summed E-state index contributed by atoms with van der Waals surface area (Å²) in [5.74, 6) is -0.226. The molecule has 0 aliphatic carbocycles. The molecule has 2 rings (SSSR count). The van der Waals surface area contributed by atoms with Gasteiger partial charge in [0, 0.05) is 25.0 Å². The number of aromatic nitrogens is 1. The number of pyridine rings is 1. The SMILES string of the molecule is CC(=O)Nc1ccc(S(=O)(=O)N/N=C/c2ccncc2)cc1.Cl. The number of nitrogens with zero attached hydrogens (tertiary/aromatic N) is 2. The van der Waals surface area contributed by atoms with Crippen molar-refractivity contribution < 1.29 is 13.2 Å². The zero-order valence-corrected chi connectivity index (χ0v) is 13.8. The second kappa shape index (κ2) is 8.25. The molecule has 0 fully saturated rings. The van der Waals surface area contributed by atoms with E-state index in [0.29, 0.717) is 5.69 Å². The molecule has 0 aliphatic heterocycles. The maximum Gasteiger partial charge on any atom is 0.276 e. The minimum absolute atomic E-state index is 0. The second-order valence-electron chi connectivity index (χ2n) is 4.34. The molecular formula is C14H15ClN4O3S. The predicted octanol–water partition coefficient (Wildman–Crippen LogP) is 1.77. The Morgan fingerprint density at radius 1 is 1.13 bits per heavy atom. The van der Waals surface area contributed by atoms with Crippen LogP contribution in [0.2, 0.25) is 0 Å². The summed E-state index contributed by atoms with van der Waals surface area (Å²) in [5, 5.41) is 6.26. The summed E-state index contributed by atoms with van der Waals surface area (Å²) in [5.41, 5.74) is 1.24. The van der Waals surface area contributed by atoms with Gasteiger partial charge >= 0.3 is 0 Å². The number of benzene rings is 1. The molecule has 0 aliphatic rings. The first-order valence-corrected chi connectivity index (χ1v) is 7.78. The lowest BCUT2D eigenvalue weighted by Gasteiger charge is -2.05. The molecule has 9 heteroatoms. The Morgan fingerprint density at radius 2 is 1.74 bits per heavy atom. The van der Waals surface area contributed by atoms with E-state index in [1.54, 1.807) is 24.5 Å². The Labute approximate surface area is 140 Å². The monoisotopic (exact) mass is 354 g/mol. The molecular weight excluding hydrogens is 340 g/mol. The first-order chi connectivity index (χ1) is 10.5. The molecule has 0 spiro atoms. The highest BCUT2D eigenvalue weighted by molar-refractivity contribution is 7.89. The van der Waals surface area contributed by atoms with E-state index < -0.39 is 10.0 Å². The number of hydrogen-bond acceptors (Lipinski definition) is 5. The highest BCUT2D eigenvalue weighted by Gasteiger charge is 2.12.